The van der Waals surface area contributed by atoms with E-state index in [0.29, 0.717) is 18.8 Å². The molecule has 2 heterocycles. The van der Waals surface area contributed by atoms with Crippen LogP contribution in [0.2, 0.25) is 0 Å². The highest BCUT2D eigenvalue weighted by Gasteiger charge is 2.41. The van der Waals surface area contributed by atoms with Crippen molar-refractivity contribution in [3.8, 4) is 17.0 Å². The first-order valence-corrected chi connectivity index (χ1v) is 11.4. The lowest BCUT2D eigenvalue weighted by atomic mass is 9.95. The van der Waals surface area contributed by atoms with Gasteiger partial charge in [0.15, 0.2) is 0 Å². The van der Waals surface area contributed by atoms with Gasteiger partial charge in [0.25, 0.3) is 5.91 Å². The van der Waals surface area contributed by atoms with Crippen molar-refractivity contribution in [1.82, 2.24) is 15.1 Å². The topological polar surface area (TPSA) is 58.2 Å². The number of aromatic nitrogens is 2. The van der Waals surface area contributed by atoms with Gasteiger partial charge in [0.05, 0.1) is 18.3 Å². The number of aromatic amines is 1. The highest BCUT2D eigenvalue weighted by atomic mass is 16.5. The van der Waals surface area contributed by atoms with Gasteiger partial charge in [-0.2, -0.15) is 5.10 Å². The fraction of sp³-hybridized carbons (Fsp3) is 0.214. The van der Waals surface area contributed by atoms with E-state index >= 15 is 0 Å². The van der Waals surface area contributed by atoms with Crippen molar-refractivity contribution in [2.24, 2.45) is 0 Å². The summed E-state index contributed by atoms with van der Waals surface area (Å²) in [7, 11) is 0. The molecule has 1 aromatic heterocycles. The molecule has 5 nitrogen and oxygen atoms in total. The molecule has 0 saturated carbocycles. The van der Waals surface area contributed by atoms with Gasteiger partial charge in [-0.15, -0.1) is 0 Å². The first-order valence-electron chi connectivity index (χ1n) is 11.4. The number of ether oxygens (including phenoxy) is 1. The van der Waals surface area contributed by atoms with Crippen LogP contribution in [-0.4, -0.2) is 34.2 Å². The molecular weight excluding hydrogens is 410 g/mol. The Morgan fingerprint density at radius 1 is 0.970 bits per heavy atom. The molecule has 1 N–H and O–H groups in total. The van der Waals surface area contributed by atoms with Crippen LogP contribution in [0.3, 0.4) is 0 Å². The zero-order valence-corrected chi connectivity index (χ0v) is 18.9. The zero-order valence-electron chi connectivity index (χ0n) is 18.9. The van der Waals surface area contributed by atoms with Gasteiger partial charge in [0.2, 0.25) is 0 Å². The van der Waals surface area contributed by atoms with Gasteiger partial charge >= 0.3 is 0 Å². The number of benzene rings is 3. The van der Waals surface area contributed by atoms with Gasteiger partial charge in [-0.1, -0.05) is 72.3 Å². The third-order valence-corrected chi connectivity index (χ3v) is 6.18. The molecule has 3 aromatic carbocycles. The number of H-pyrrole nitrogens is 1. The van der Waals surface area contributed by atoms with Crippen molar-refractivity contribution in [3.05, 3.63) is 107 Å². The van der Waals surface area contributed by atoms with Gasteiger partial charge in [-0.25, -0.2) is 0 Å². The number of amides is 1. The second-order valence-electron chi connectivity index (χ2n) is 8.37. The lowest BCUT2D eigenvalue weighted by molar-refractivity contribution is 0.0746. The number of hydrogen-bond acceptors (Lipinski definition) is 3. The van der Waals surface area contributed by atoms with Crippen LogP contribution in [0.25, 0.3) is 11.3 Å². The van der Waals surface area contributed by atoms with Crippen molar-refractivity contribution < 1.29 is 9.53 Å². The van der Waals surface area contributed by atoms with E-state index in [1.807, 2.05) is 42.2 Å². The Morgan fingerprint density at radius 2 is 1.70 bits per heavy atom. The summed E-state index contributed by atoms with van der Waals surface area (Å²) in [6.45, 7) is 5.28. The fourth-order valence-corrected chi connectivity index (χ4v) is 4.51. The van der Waals surface area contributed by atoms with Gasteiger partial charge in [0.1, 0.15) is 11.4 Å². The van der Waals surface area contributed by atoms with Crippen LogP contribution < -0.4 is 4.74 Å². The maximum atomic E-state index is 13.5. The Kier molecular flexibility index (Phi) is 5.69. The summed E-state index contributed by atoms with van der Waals surface area (Å²) < 4.78 is 5.64. The minimum Gasteiger partial charge on any atom is -0.494 e. The lowest BCUT2D eigenvalue weighted by Gasteiger charge is -2.26. The molecule has 166 valence electrons. The number of carbonyl (C=O) groups excluding carboxylic acids is 1. The van der Waals surface area contributed by atoms with Crippen LogP contribution in [0.4, 0.5) is 0 Å². The summed E-state index contributed by atoms with van der Waals surface area (Å²) in [5, 5.41) is 7.61. The summed E-state index contributed by atoms with van der Waals surface area (Å²) in [4.78, 5) is 15.5. The van der Waals surface area contributed by atoms with Crippen LogP contribution in [0, 0.1) is 6.92 Å². The summed E-state index contributed by atoms with van der Waals surface area (Å²) in [5.41, 5.74) is 6.82. The molecule has 4 aromatic rings. The normalized spacial score (nSPS) is 15.0. The highest BCUT2D eigenvalue weighted by molar-refractivity contribution is 6.00. The number of rotatable bonds is 7. The Hall–Kier alpha value is -3.86. The molecule has 1 unspecified atom stereocenters. The molecule has 0 aliphatic carbocycles. The summed E-state index contributed by atoms with van der Waals surface area (Å²) >= 11 is 0. The van der Waals surface area contributed by atoms with E-state index in [2.05, 4.69) is 65.7 Å². The zero-order chi connectivity index (χ0) is 22.8. The molecule has 0 saturated heterocycles. The standard InChI is InChI=1S/C28H27N3O2/c1-3-33-23-15-13-22(14-16-23)27-24-25(21-11-9-19(2)10-12-21)29-30-26(24)28(32)31(27)18-17-20-7-5-4-6-8-20/h4-16,27H,3,17-18H2,1-2H3,(H,29,30). The van der Waals surface area contributed by atoms with Crippen LogP contribution in [-0.2, 0) is 6.42 Å². The maximum absolute atomic E-state index is 13.5. The molecule has 0 radical (unpaired) electrons. The van der Waals surface area contributed by atoms with E-state index in [-0.39, 0.29) is 11.9 Å². The van der Waals surface area contributed by atoms with E-state index < -0.39 is 0 Å². The first kappa shape index (κ1) is 21.0. The lowest BCUT2D eigenvalue weighted by Crippen LogP contribution is -2.31. The van der Waals surface area contributed by atoms with Crippen LogP contribution >= 0.6 is 0 Å². The van der Waals surface area contributed by atoms with Crippen LogP contribution in [0.15, 0.2) is 78.9 Å². The van der Waals surface area contributed by atoms with Crippen molar-refractivity contribution in [3.63, 3.8) is 0 Å². The first-order chi connectivity index (χ1) is 16.2. The van der Waals surface area contributed by atoms with E-state index in [1.54, 1.807) is 0 Å². The van der Waals surface area contributed by atoms with E-state index in [1.165, 1.54) is 11.1 Å². The van der Waals surface area contributed by atoms with E-state index in [9.17, 15) is 4.79 Å². The Balaban J connectivity index is 1.55. The number of nitrogens with zero attached hydrogens (tertiary/aromatic N) is 2. The minimum absolute atomic E-state index is 0.00863. The number of nitrogens with one attached hydrogen (secondary N) is 1. The summed E-state index contributed by atoms with van der Waals surface area (Å²) in [6, 6.07) is 26.4. The molecule has 0 bridgehead atoms. The summed E-state index contributed by atoms with van der Waals surface area (Å²) in [6.07, 6.45) is 0.789. The van der Waals surface area contributed by atoms with Crippen molar-refractivity contribution in [2.45, 2.75) is 26.3 Å². The van der Waals surface area contributed by atoms with E-state index in [4.69, 9.17) is 4.74 Å². The van der Waals surface area contributed by atoms with Gasteiger partial charge in [0, 0.05) is 17.7 Å². The minimum atomic E-state index is -0.207. The molecule has 5 heteroatoms. The predicted molar refractivity (Wildman–Crippen MR) is 129 cm³/mol. The monoisotopic (exact) mass is 437 g/mol. The van der Waals surface area contributed by atoms with Crippen LogP contribution in [0.5, 0.6) is 5.75 Å². The molecule has 1 atom stereocenters. The average Bonchev–Trinajstić information content (AvgIpc) is 3.39. The average molecular weight is 438 g/mol. The van der Waals surface area contributed by atoms with Crippen LogP contribution in [0.1, 0.15) is 45.7 Å². The summed E-state index contributed by atoms with van der Waals surface area (Å²) in [5.74, 6) is 0.818. The van der Waals surface area contributed by atoms with E-state index in [0.717, 1.165) is 34.6 Å². The largest absolute Gasteiger partial charge is 0.494 e. The molecule has 1 aliphatic heterocycles. The highest BCUT2D eigenvalue weighted by Crippen LogP contribution is 2.43. The number of fused-ring (bicyclic) bond motifs is 1. The van der Waals surface area contributed by atoms with Gasteiger partial charge in [-0.05, 0) is 43.5 Å². The fourth-order valence-electron chi connectivity index (χ4n) is 4.51. The second-order valence-corrected chi connectivity index (χ2v) is 8.37. The number of aryl methyl sites for hydroxylation is 1. The molecule has 1 amide bonds. The number of carbonyl (C=O) groups is 1. The third kappa shape index (κ3) is 4.02. The molecule has 0 spiro atoms. The van der Waals surface area contributed by atoms with Crippen molar-refractivity contribution in [1.29, 1.82) is 0 Å². The molecule has 0 fully saturated rings. The SMILES string of the molecule is CCOc1ccc(C2c3c(-c4ccc(C)cc4)n[nH]c3C(=O)N2CCc2ccccc2)cc1. The predicted octanol–water partition coefficient (Wildman–Crippen LogP) is 5.57. The maximum Gasteiger partial charge on any atom is 0.273 e. The molecular formula is C28H27N3O2. The smallest absolute Gasteiger partial charge is 0.273 e. The number of hydrogen-bond donors (Lipinski definition) is 1. The van der Waals surface area contributed by atoms with Crippen molar-refractivity contribution >= 4 is 5.91 Å². The molecule has 1 aliphatic rings. The second kappa shape index (κ2) is 8.94. The quantitative estimate of drug-likeness (QED) is 0.411. The van der Waals surface area contributed by atoms with Gasteiger partial charge in [-0.3, -0.25) is 9.89 Å². The van der Waals surface area contributed by atoms with Gasteiger partial charge < -0.3 is 9.64 Å². The Morgan fingerprint density at radius 3 is 2.39 bits per heavy atom. The third-order valence-electron chi connectivity index (χ3n) is 6.18. The Bertz CT molecular complexity index is 1240. The van der Waals surface area contributed by atoms with Crippen molar-refractivity contribution in [2.75, 3.05) is 13.2 Å². The molecule has 33 heavy (non-hydrogen) atoms. The Labute approximate surface area is 194 Å². The molecule has 5 rings (SSSR count).